The minimum atomic E-state index is 0.437. The maximum Gasteiger partial charge on any atom is 0.136 e. The fourth-order valence-electron chi connectivity index (χ4n) is 5.06. The zero-order chi connectivity index (χ0) is 11.3. The molecule has 0 aromatic heterocycles. The molecule has 0 heterocycles. The van der Waals surface area contributed by atoms with Crippen molar-refractivity contribution in [1.82, 2.24) is 0 Å². The Labute approximate surface area is 99.0 Å². The Bertz CT molecular complexity index is 296. The van der Waals surface area contributed by atoms with Gasteiger partial charge in [-0.15, -0.1) is 0 Å². The summed E-state index contributed by atoms with van der Waals surface area (Å²) in [7, 11) is 0. The van der Waals surface area contributed by atoms with Gasteiger partial charge in [0.15, 0.2) is 0 Å². The summed E-state index contributed by atoms with van der Waals surface area (Å²) >= 11 is 0. The molecule has 3 aliphatic rings. The molecular formula is C15H24O. The Balaban J connectivity index is 1.76. The molecule has 3 fully saturated rings. The number of fused-ring (bicyclic) bond motifs is 2. The van der Waals surface area contributed by atoms with Crippen LogP contribution in [-0.4, -0.2) is 5.78 Å². The van der Waals surface area contributed by atoms with Gasteiger partial charge >= 0.3 is 0 Å². The summed E-state index contributed by atoms with van der Waals surface area (Å²) in [5.41, 5.74) is 0. The second-order valence-corrected chi connectivity index (χ2v) is 6.85. The maximum atomic E-state index is 12.3. The van der Waals surface area contributed by atoms with Crippen LogP contribution in [0.15, 0.2) is 0 Å². The highest BCUT2D eigenvalue weighted by atomic mass is 16.1. The Morgan fingerprint density at radius 1 is 1.06 bits per heavy atom. The smallest absolute Gasteiger partial charge is 0.136 e. The lowest BCUT2D eigenvalue weighted by atomic mass is 9.65. The highest BCUT2D eigenvalue weighted by Gasteiger charge is 2.47. The largest absolute Gasteiger partial charge is 0.299 e. The highest BCUT2D eigenvalue weighted by Crippen LogP contribution is 2.54. The second-order valence-electron chi connectivity index (χ2n) is 6.85. The summed E-state index contributed by atoms with van der Waals surface area (Å²) in [6, 6.07) is 0. The normalized spacial score (nSPS) is 52.2. The molecule has 1 nitrogen and oxygen atoms in total. The summed E-state index contributed by atoms with van der Waals surface area (Å²) in [5.74, 6) is 4.99. The Kier molecular flexibility index (Phi) is 2.60. The van der Waals surface area contributed by atoms with Crippen LogP contribution < -0.4 is 0 Å². The fourth-order valence-corrected chi connectivity index (χ4v) is 5.06. The van der Waals surface area contributed by atoms with Crippen LogP contribution in [0.5, 0.6) is 0 Å². The molecule has 0 radical (unpaired) electrons. The number of carbonyl (C=O) groups excluding carboxylic acids is 1. The molecule has 0 aromatic carbocycles. The first-order chi connectivity index (χ1) is 7.65. The summed E-state index contributed by atoms with van der Waals surface area (Å²) in [4.78, 5) is 12.3. The van der Waals surface area contributed by atoms with E-state index in [4.69, 9.17) is 0 Å². The van der Waals surface area contributed by atoms with Gasteiger partial charge in [0.1, 0.15) is 5.78 Å². The van der Waals surface area contributed by atoms with E-state index in [1.54, 1.807) is 0 Å². The van der Waals surface area contributed by atoms with E-state index in [2.05, 4.69) is 13.8 Å². The Hall–Kier alpha value is -0.330. The van der Waals surface area contributed by atoms with Gasteiger partial charge in [0.25, 0.3) is 0 Å². The first-order valence-corrected chi connectivity index (χ1v) is 7.18. The van der Waals surface area contributed by atoms with E-state index < -0.39 is 0 Å². The average Bonchev–Trinajstić information content (AvgIpc) is 2.77. The number of ketones is 1. The molecule has 6 atom stereocenters. The zero-order valence-corrected chi connectivity index (χ0v) is 10.6. The van der Waals surface area contributed by atoms with Crippen molar-refractivity contribution in [1.29, 1.82) is 0 Å². The van der Waals surface area contributed by atoms with Gasteiger partial charge in [0.2, 0.25) is 0 Å². The molecule has 2 bridgehead atoms. The molecule has 0 spiro atoms. The molecule has 3 rings (SSSR count). The molecule has 1 heteroatoms. The summed E-state index contributed by atoms with van der Waals surface area (Å²) in [6.07, 6.45) is 7.83. The average molecular weight is 220 g/mol. The van der Waals surface area contributed by atoms with Crippen LogP contribution in [0.3, 0.4) is 0 Å². The topological polar surface area (TPSA) is 17.1 Å². The molecule has 90 valence electrons. The van der Waals surface area contributed by atoms with Crippen LogP contribution in [0.1, 0.15) is 52.4 Å². The van der Waals surface area contributed by atoms with Crippen LogP contribution in [-0.2, 0) is 4.79 Å². The van der Waals surface area contributed by atoms with Crippen LogP contribution >= 0.6 is 0 Å². The minimum absolute atomic E-state index is 0.437. The quantitative estimate of drug-likeness (QED) is 0.659. The van der Waals surface area contributed by atoms with Gasteiger partial charge in [-0.3, -0.25) is 4.79 Å². The minimum Gasteiger partial charge on any atom is -0.299 e. The van der Waals surface area contributed by atoms with E-state index in [1.165, 1.54) is 32.1 Å². The van der Waals surface area contributed by atoms with E-state index in [-0.39, 0.29) is 0 Å². The molecule has 16 heavy (non-hydrogen) atoms. The number of carbonyl (C=O) groups is 1. The second kappa shape index (κ2) is 3.85. The number of hydrogen-bond acceptors (Lipinski definition) is 1. The third-order valence-electron chi connectivity index (χ3n) is 5.56. The summed E-state index contributed by atoms with van der Waals surface area (Å²) in [6.45, 7) is 4.57. The van der Waals surface area contributed by atoms with Gasteiger partial charge in [-0.1, -0.05) is 20.3 Å². The molecule has 0 aliphatic heterocycles. The van der Waals surface area contributed by atoms with Gasteiger partial charge in [-0.2, -0.15) is 0 Å². The predicted molar refractivity (Wildman–Crippen MR) is 65.0 cm³/mol. The highest BCUT2D eigenvalue weighted by molar-refractivity contribution is 5.82. The van der Waals surface area contributed by atoms with Crippen molar-refractivity contribution in [3.05, 3.63) is 0 Å². The van der Waals surface area contributed by atoms with Crippen molar-refractivity contribution in [2.24, 2.45) is 35.5 Å². The fraction of sp³-hybridized carbons (Fsp3) is 0.933. The molecule has 0 saturated heterocycles. The van der Waals surface area contributed by atoms with Crippen LogP contribution in [0.4, 0.5) is 0 Å². The molecule has 0 amide bonds. The molecule has 0 unspecified atom stereocenters. The predicted octanol–water partition coefficient (Wildman–Crippen LogP) is 3.67. The van der Waals surface area contributed by atoms with Crippen molar-refractivity contribution in [2.75, 3.05) is 0 Å². The first-order valence-electron chi connectivity index (χ1n) is 7.18. The van der Waals surface area contributed by atoms with Crippen molar-refractivity contribution in [3.63, 3.8) is 0 Å². The van der Waals surface area contributed by atoms with Gasteiger partial charge < -0.3 is 0 Å². The molecule has 3 aliphatic carbocycles. The van der Waals surface area contributed by atoms with Gasteiger partial charge in [-0.05, 0) is 55.3 Å². The summed E-state index contributed by atoms with van der Waals surface area (Å²) in [5, 5.41) is 0. The van der Waals surface area contributed by atoms with E-state index in [0.717, 1.165) is 24.2 Å². The van der Waals surface area contributed by atoms with Gasteiger partial charge in [0.05, 0.1) is 0 Å². The van der Waals surface area contributed by atoms with Crippen molar-refractivity contribution in [3.8, 4) is 0 Å². The lowest BCUT2D eigenvalue weighted by molar-refractivity contribution is -0.131. The van der Waals surface area contributed by atoms with E-state index >= 15 is 0 Å². The Morgan fingerprint density at radius 2 is 1.88 bits per heavy atom. The molecule has 0 aromatic rings. The zero-order valence-electron chi connectivity index (χ0n) is 10.6. The number of hydrogen-bond donors (Lipinski definition) is 0. The van der Waals surface area contributed by atoms with Gasteiger partial charge in [0, 0.05) is 12.3 Å². The number of Topliss-reactive ketones (excluding diaryl/α,β-unsaturated/α-hetero) is 1. The maximum absolute atomic E-state index is 12.3. The third kappa shape index (κ3) is 1.63. The van der Waals surface area contributed by atoms with Crippen LogP contribution in [0.2, 0.25) is 0 Å². The lowest BCUT2D eigenvalue weighted by Crippen LogP contribution is -2.38. The van der Waals surface area contributed by atoms with Crippen molar-refractivity contribution in [2.45, 2.75) is 52.4 Å². The van der Waals surface area contributed by atoms with Crippen molar-refractivity contribution >= 4 is 5.78 Å². The van der Waals surface area contributed by atoms with E-state index in [9.17, 15) is 4.79 Å². The summed E-state index contributed by atoms with van der Waals surface area (Å²) < 4.78 is 0. The molecular weight excluding hydrogens is 196 g/mol. The van der Waals surface area contributed by atoms with Crippen LogP contribution in [0.25, 0.3) is 0 Å². The SMILES string of the molecule is C[C@@H]1CC(=O)[C@H]([C@@H]2C[C@H]3CC[C@H]2C3)[C@@H](C)C1. The monoisotopic (exact) mass is 220 g/mol. The van der Waals surface area contributed by atoms with Gasteiger partial charge in [-0.25, -0.2) is 0 Å². The Morgan fingerprint density at radius 3 is 2.44 bits per heavy atom. The standard InChI is InChI=1S/C15H24O/c1-9-5-10(2)15(14(16)6-9)13-8-11-3-4-12(13)7-11/h9-13,15H,3-8H2,1-2H3/t9-,10-,11-,12-,13+,15-/m0/s1. The van der Waals surface area contributed by atoms with E-state index in [1.807, 2.05) is 0 Å². The first kappa shape index (κ1) is 10.8. The third-order valence-corrected chi connectivity index (χ3v) is 5.56. The van der Waals surface area contributed by atoms with Crippen LogP contribution in [0, 0.1) is 35.5 Å². The number of rotatable bonds is 1. The molecule has 3 saturated carbocycles. The van der Waals surface area contributed by atoms with E-state index in [0.29, 0.717) is 23.5 Å². The molecule has 0 N–H and O–H groups in total. The van der Waals surface area contributed by atoms with Crippen molar-refractivity contribution < 1.29 is 4.79 Å². The lowest BCUT2D eigenvalue weighted by Gasteiger charge is -2.38.